The largest absolute Gasteiger partial charge is 0.468 e. The molecule has 0 aliphatic rings. The Kier molecular flexibility index (Phi) is 5.08. The van der Waals surface area contributed by atoms with Crippen molar-refractivity contribution in [2.75, 3.05) is 27.1 Å². The molecule has 0 aromatic heterocycles. The molecule has 0 aliphatic carbocycles. The van der Waals surface area contributed by atoms with E-state index in [2.05, 4.69) is 14.2 Å². The van der Waals surface area contributed by atoms with Gasteiger partial charge >= 0.3 is 17.9 Å². The van der Waals surface area contributed by atoms with E-state index in [4.69, 9.17) is 5.73 Å². The number of benzene rings is 1. The molecule has 0 spiro atoms. The molecule has 0 atom stereocenters. The first kappa shape index (κ1) is 15.5. The summed E-state index contributed by atoms with van der Waals surface area (Å²) < 4.78 is 13.7. The summed E-state index contributed by atoms with van der Waals surface area (Å²) >= 11 is 0. The van der Waals surface area contributed by atoms with Gasteiger partial charge in [-0.2, -0.15) is 0 Å². The Balaban J connectivity index is 3.31. The quantitative estimate of drug-likeness (QED) is 0.370. The van der Waals surface area contributed by atoms with Crippen LogP contribution in [0.1, 0.15) is 21.8 Å². The number of rotatable bonds is 4. The molecule has 0 saturated carbocycles. The lowest BCUT2D eigenvalue weighted by molar-refractivity contribution is -0.154. The SMILES string of the molecule is COC(=O)c1cc(C(C(=O)OC)C(=O)OC)ccc1N. The predicted molar refractivity (Wildman–Crippen MR) is 69.0 cm³/mol. The number of esters is 3. The van der Waals surface area contributed by atoms with Gasteiger partial charge in [-0.05, 0) is 17.7 Å². The van der Waals surface area contributed by atoms with Crippen molar-refractivity contribution in [1.82, 2.24) is 0 Å². The molecular formula is C13H15NO6. The van der Waals surface area contributed by atoms with Crippen molar-refractivity contribution in [3.63, 3.8) is 0 Å². The van der Waals surface area contributed by atoms with Gasteiger partial charge in [-0.1, -0.05) is 6.07 Å². The van der Waals surface area contributed by atoms with Crippen LogP contribution in [0, 0.1) is 0 Å². The minimum absolute atomic E-state index is 0.0582. The van der Waals surface area contributed by atoms with Crippen LogP contribution in [0.2, 0.25) is 0 Å². The second kappa shape index (κ2) is 6.55. The number of ether oxygens (including phenoxy) is 3. The van der Waals surface area contributed by atoms with Crippen molar-refractivity contribution < 1.29 is 28.6 Å². The Morgan fingerprint density at radius 2 is 1.55 bits per heavy atom. The van der Waals surface area contributed by atoms with E-state index in [-0.39, 0.29) is 16.8 Å². The molecule has 108 valence electrons. The number of methoxy groups -OCH3 is 3. The van der Waals surface area contributed by atoms with Gasteiger partial charge in [0.1, 0.15) is 0 Å². The summed E-state index contributed by atoms with van der Waals surface area (Å²) in [5, 5.41) is 0. The number of carbonyl (C=O) groups excluding carboxylic acids is 3. The molecule has 0 aliphatic heterocycles. The van der Waals surface area contributed by atoms with E-state index in [1.54, 1.807) is 0 Å². The summed E-state index contributed by atoms with van der Waals surface area (Å²) in [7, 11) is 3.50. The van der Waals surface area contributed by atoms with Crippen LogP contribution in [0.15, 0.2) is 18.2 Å². The minimum Gasteiger partial charge on any atom is -0.468 e. The summed E-state index contributed by atoms with van der Waals surface area (Å²) in [6.07, 6.45) is 0. The van der Waals surface area contributed by atoms with Gasteiger partial charge in [-0.15, -0.1) is 0 Å². The van der Waals surface area contributed by atoms with Crippen LogP contribution >= 0.6 is 0 Å². The number of nitrogens with two attached hydrogens (primary N) is 1. The van der Waals surface area contributed by atoms with Gasteiger partial charge in [-0.25, -0.2) is 4.79 Å². The van der Waals surface area contributed by atoms with Crippen LogP contribution in [0.4, 0.5) is 5.69 Å². The third-order valence-corrected chi connectivity index (χ3v) is 2.69. The van der Waals surface area contributed by atoms with Crippen molar-refractivity contribution >= 4 is 23.6 Å². The van der Waals surface area contributed by atoms with Gasteiger partial charge in [-0.3, -0.25) is 9.59 Å². The molecule has 0 radical (unpaired) electrons. The van der Waals surface area contributed by atoms with E-state index in [0.717, 1.165) is 14.2 Å². The van der Waals surface area contributed by atoms with Gasteiger partial charge in [0.15, 0.2) is 5.92 Å². The Labute approximate surface area is 115 Å². The van der Waals surface area contributed by atoms with Crippen molar-refractivity contribution in [1.29, 1.82) is 0 Å². The van der Waals surface area contributed by atoms with E-state index in [9.17, 15) is 14.4 Å². The van der Waals surface area contributed by atoms with Gasteiger partial charge in [0.2, 0.25) is 0 Å². The lowest BCUT2D eigenvalue weighted by atomic mass is 9.96. The number of hydrogen-bond donors (Lipinski definition) is 1. The minimum atomic E-state index is -1.28. The maximum atomic E-state index is 11.7. The molecule has 1 aromatic carbocycles. The second-order valence-corrected chi connectivity index (χ2v) is 3.82. The lowest BCUT2D eigenvalue weighted by Crippen LogP contribution is -2.24. The Morgan fingerprint density at radius 1 is 1.00 bits per heavy atom. The first-order valence-electron chi connectivity index (χ1n) is 5.59. The van der Waals surface area contributed by atoms with Crippen molar-refractivity contribution in [2.45, 2.75) is 5.92 Å². The molecule has 0 bridgehead atoms. The smallest absolute Gasteiger partial charge is 0.339 e. The van der Waals surface area contributed by atoms with Gasteiger partial charge in [0.05, 0.1) is 26.9 Å². The van der Waals surface area contributed by atoms with Crippen LogP contribution in [0.25, 0.3) is 0 Å². The molecule has 0 saturated heterocycles. The molecule has 1 rings (SSSR count). The molecule has 0 heterocycles. The fourth-order valence-electron chi connectivity index (χ4n) is 1.64. The van der Waals surface area contributed by atoms with Crippen molar-refractivity contribution in [3.05, 3.63) is 29.3 Å². The zero-order valence-corrected chi connectivity index (χ0v) is 11.3. The van der Waals surface area contributed by atoms with Crippen molar-refractivity contribution in [2.24, 2.45) is 0 Å². The topological polar surface area (TPSA) is 105 Å². The first-order chi connectivity index (χ1) is 9.46. The highest BCUT2D eigenvalue weighted by Gasteiger charge is 2.31. The van der Waals surface area contributed by atoms with E-state index >= 15 is 0 Å². The third kappa shape index (κ3) is 3.05. The van der Waals surface area contributed by atoms with E-state index in [1.165, 1.54) is 25.3 Å². The highest BCUT2D eigenvalue weighted by molar-refractivity contribution is 6.02. The molecule has 7 nitrogen and oxygen atoms in total. The summed E-state index contributed by atoms with van der Waals surface area (Å²) in [5.74, 6) is -3.54. The summed E-state index contributed by atoms with van der Waals surface area (Å²) in [6.45, 7) is 0. The number of hydrogen-bond acceptors (Lipinski definition) is 7. The molecule has 20 heavy (non-hydrogen) atoms. The maximum Gasteiger partial charge on any atom is 0.339 e. The highest BCUT2D eigenvalue weighted by Crippen LogP contribution is 2.24. The van der Waals surface area contributed by atoms with Crippen LogP contribution in [-0.4, -0.2) is 39.2 Å². The van der Waals surface area contributed by atoms with Crippen LogP contribution in [0.3, 0.4) is 0 Å². The summed E-state index contributed by atoms with van der Waals surface area (Å²) in [6, 6.07) is 4.15. The maximum absolute atomic E-state index is 11.7. The Hall–Kier alpha value is -2.57. The Bertz CT molecular complexity index is 524. The van der Waals surface area contributed by atoms with E-state index in [0.29, 0.717) is 0 Å². The van der Waals surface area contributed by atoms with E-state index in [1.807, 2.05) is 0 Å². The van der Waals surface area contributed by atoms with Gasteiger partial charge < -0.3 is 19.9 Å². The number of carbonyl (C=O) groups is 3. The predicted octanol–water partition coefficient (Wildman–Crippen LogP) is 0.485. The van der Waals surface area contributed by atoms with Crippen LogP contribution < -0.4 is 5.73 Å². The van der Waals surface area contributed by atoms with Gasteiger partial charge in [0, 0.05) is 5.69 Å². The number of nitrogen functional groups attached to an aromatic ring is 1. The summed E-state index contributed by atoms with van der Waals surface area (Å²) in [4.78, 5) is 34.9. The molecule has 0 unspecified atom stereocenters. The average molecular weight is 281 g/mol. The zero-order chi connectivity index (χ0) is 15.3. The number of anilines is 1. The lowest BCUT2D eigenvalue weighted by Gasteiger charge is -2.14. The highest BCUT2D eigenvalue weighted by atomic mass is 16.5. The second-order valence-electron chi connectivity index (χ2n) is 3.82. The monoisotopic (exact) mass is 281 g/mol. The van der Waals surface area contributed by atoms with E-state index < -0.39 is 23.8 Å². The van der Waals surface area contributed by atoms with Crippen LogP contribution in [-0.2, 0) is 23.8 Å². The molecule has 2 N–H and O–H groups in total. The van der Waals surface area contributed by atoms with Gasteiger partial charge in [0.25, 0.3) is 0 Å². The fourth-order valence-corrected chi connectivity index (χ4v) is 1.64. The molecule has 0 fully saturated rings. The summed E-state index contributed by atoms with van der Waals surface area (Å²) in [5.41, 5.74) is 6.12. The standard InChI is InChI=1S/C13H15NO6/c1-18-11(15)8-6-7(4-5-9(8)14)10(12(16)19-2)13(17)20-3/h4-6,10H,14H2,1-3H3. The first-order valence-corrected chi connectivity index (χ1v) is 5.59. The average Bonchev–Trinajstić information content (AvgIpc) is 2.47. The van der Waals surface area contributed by atoms with Crippen LogP contribution in [0.5, 0.6) is 0 Å². The third-order valence-electron chi connectivity index (χ3n) is 2.69. The molecule has 7 heteroatoms. The molecule has 0 amide bonds. The fraction of sp³-hybridized carbons (Fsp3) is 0.308. The zero-order valence-electron chi connectivity index (χ0n) is 11.3. The molecular weight excluding hydrogens is 266 g/mol. The van der Waals surface area contributed by atoms with Crippen molar-refractivity contribution in [3.8, 4) is 0 Å². The molecule has 1 aromatic rings. The normalized spacial score (nSPS) is 10.0. The Morgan fingerprint density at radius 3 is 2.00 bits per heavy atom.